The second-order valence-electron chi connectivity index (χ2n) is 5.55. The van der Waals surface area contributed by atoms with E-state index in [1.54, 1.807) is 11.3 Å². The molecular weight excluding hydrogens is 270 g/mol. The highest BCUT2D eigenvalue weighted by Gasteiger charge is 2.18. The normalized spacial score (nSPS) is 16.0. The number of hydrogen-bond acceptors (Lipinski definition) is 3. The number of hydrogen-bond donors (Lipinski definition) is 0. The van der Waals surface area contributed by atoms with Crippen LogP contribution in [0.4, 0.5) is 0 Å². The zero-order valence-corrected chi connectivity index (χ0v) is 13.2. The molecule has 1 aliphatic rings. The lowest BCUT2D eigenvalue weighted by atomic mass is 10.1. The van der Waals surface area contributed by atoms with Gasteiger partial charge in [0.15, 0.2) is 5.78 Å². The van der Waals surface area contributed by atoms with Crippen LogP contribution in [0.3, 0.4) is 0 Å². The van der Waals surface area contributed by atoms with Gasteiger partial charge in [-0.3, -0.25) is 9.59 Å². The number of carbonyl (C=O) groups is 2. The third kappa shape index (κ3) is 3.92. The van der Waals surface area contributed by atoms with E-state index < -0.39 is 0 Å². The molecule has 0 bridgehead atoms. The van der Waals surface area contributed by atoms with Crippen LogP contribution in [0.15, 0.2) is 6.07 Å². The molecule has 0 spiro atoms. The van der Waals surface area contributed by atoms with Crippen molar-refractivity contribution in [1.82, 2.24) is 4.90 Å². The number of aryl methyl sites for hydroxylation is 2. The summed E-state index contributed by atoms with van der Waals surface area (Å²) >= 11 is 1.65. The summed E-state index contributed by atoms with van der Waals surface area (Å²) in [4.78, 5) is 28.5. The molecule has 110 valence electrons. The van der Waals surface area contributed by atoms with Gasteiger partial charge in [-0.15, -0.1) is 11.3 Å². The molecular formula is C16H23NO2S. The van der Waals surface area contributed by atoms with Crippen molar-refractivity contribution in [2.45, 2.75) is 52.4 Å². The van der Waals surface area contributed by atoms with Gasteiger partial charge in [-0.1, -0.05) is 12.8 Å². The maximum atomic E-state index is 12.2. The molecule has 1 fully saturated rings. The van der Waals surface area contributed by atoms with Crippen LogP contribution in [0.1, 0.15) is 58.6 Å². The maximum Gasteiger partial charge on any atom is 0.223 e. The van der Waals surface area contributed by atoms with E-state index >= 15 is 0 Å². The second kappa shape index (κ2) is 7.02. The highest BCUT2D eigenvalue weighted by atomic mass is 32.1. The fourth-order valence-electron chi connectivity index (χ4n) is 2.74. The van der Waals surface area contributed by atoms with Gasteiger partial charge in [-0.25, -0.2) is 0 Å². The summed E-state index contributed by atoms with van der Waals surface area (Å²) in [5.41, 5.74) is 0.802. The van der Waals surface area contributed by atoms with Gasteiger partial charge in [0.25, 0.3) is 0 Å². The zero-order valence-electron chi connectivity index (χ0n) is 12.4. The van der Waals surface area contributed by atoms with Crippen molar-refractivity contribution in [2.24, 2.45) is 0 Å². The summed E-state index contributed by atoms with van der Waals surface area (Å²) in [6, 6.07) is 1.94. The topological polar surface area (TPSA) is 37.4 Å². The van der Waals surface area contributed by atoms with Gasteiger partial charge in [-0.2, -0.15) is 0 Å². The van der Waals surface area contributed by atoms with E-state index in [2.05, 4.69) is 0 Å². The van der Waals surface area contributed by atoms with Crippen LogP contribution < -0.4 is 0 Å². The van der Waals surface area contributed by atoms with Gasteiger partial charge in [0.1, 0.15) is 0 Å². The summed E-state index contributed by atoms with van der Waals surface area (Å²) in [6.07, 6.45) is 5.33. The Hall–Kier alpha value is -1.16. The Morgan fingerprint density at radius 1 is 1.10 bits per heavy atom. The Balaban J connectivity index is 1.86. The monoisotopic (exact) mass is 293 g/mol. The van der Waals surface area contributed by atoms with Crippen LogP contribution in [0, 0.1) is 13.8 Å². The summed E-state index contributed by atoms with van der Waals surface area (Å²) in [5.74, 6) is 0.250. The van der Waals surface area contributed by atoms with Crippen molar-refractivity contribution in [3.8, 4) is 0 Å². The first-order valence-corrected chi connectivity index (χ1v) is 8.27. The van der Waals surface area contributed by atoms with Crippen LogP contribution in [-0.4, -0.2) is 29.7 Å². The number of rotatable bonds is 4. The Kier molecular flexibility index (Phi) is 5.35. The lowest BCUT2D eigenvalue weighted by Gasteiger charge is -2.19. The van der Waals surface area contributed by atoms with Crippen molar-refractivity contribution in [2.75, 3.05) is 13.1 Å². The number of ketones is 1. The summed E-state index contributed by atoms with van der Waals surface area (Å²) < 4.78 is 0. The first-order chi connectivity index (χ1) is 9.58. The SMILES string of the molecule is Cc1cc(C(=O)CCC(=O)N2CCCCCC2)c(C)s1. The minimum absolute atomic E-state index is 0.107. The molecule has 1 aliphatic heterocycles. The second-order valence-corrected chi connectivity index (χ2v) is 7.01. The van der Waals surface area contributed by atoms with Crippen LogP contribution in [0.2, 0.25) is 0 Å². The Morgan fingerprint density at radius 3 is 2.30 bits per heavy atom. The Bertz CT molecular complexity index is 485. The predicted molar refractivity (Wildman–Crippen MR) is 82.4 cm³/mol. The molecule has 0 saturated carbocycles. The Morgan fingerprint density at radius 2 is 1.75 bits per heavy atom. The third-order valence-electron chi connectivity index (χ3n) is 3.87. The van der Waals surface area contributed by atoms with Crippen LogP contribution in [0.5, 0.6) is 0 Å². The van der Waals surface area contributed by atoms with Crippen LogP contribution in [0.25, 0.3) is 0 Å². The quantitative estimate of drug-likeness (QED) is 0.793. The van der Waals surface area contributed by atoms with E-state index in [1.807, 2.05) is 24.8 Å². The van der Waals surface area contributed by atoms with Crippen molar-refractivity contribution in [3.63, 3.8) is 0 Å². The summed E-state index contributed by atoms with van der Waals surface area (Å²) in [7, 11) is 0. The van der Waals surface area contributed by atoms with Crippen LogP contribution >= 0.6 is 11.3 Å². The lowest BCUT2D eigenvalue weighted by Crippen LogP contribution is -2.32. The smallest absolute Gasteiger partial charge is 0.223 e. The van der Waals surface area contributed by atoms with Gasteiger partial charge < -0.3 is 4.90 Å². The summed E-state index contributed by atoms with van der Waals surface area (Å²) in [6.45, 7) is 5.71. The van der Waals surface area contributed by atoms with Gasteiger partial charge in [0, 0.05) is 41.2 Å². The Labute approximate surface area is 125 Å². The highest BCUT2D eigenvalue weighted by molar-refractivity contribution is 7.12. The lowest BCUT2D eigenvalue weighted by molar-refractivity contribution is -0.131. The molecule has 0 aromatic carbocycles. The predicted octanol–water partition coefficient (Wildman–Crippen LogP) is 3.73. The molecule has 0 aliphatic carbocycles. The molecule has 1 aromatic rings. The first kappa shape index (κ1) is 15.2. The number of carbonyl (C=O) groups excluding carboxylic acids is 2. The number of likely N-dealkylation sites (tertiary alicyclic amines) is 1. The molecule has 0 unspecified atom stereocenters. The van der Waals surface area contributed by atoms with E-state index in [9.17, 15) is 9.59 Å². The fourth-order valence-corrected chi connectivity index (χ4v) is 3.68. The number of Topliss-reactive ketones (excluding diaryl/α,β-unsaturated/α-hetero) is 1. The number of nitrogens with zero attached hydrogens (tertiary/aromatic N) is 1. The molecule has 0 N–H and O–H groups in total. The molecule has 0 atom stereocenters. The van der Waals surface area contributed by atoms with Gasteiger partial charge in [0.05, 0.1) is 0 Å². The maximum absolute atomic E-state index is 12.2. The minimum atomic E-state index is 0.107. The largest absolute Gasteiger partial charge is 0.343 e. The van der Waals surface area contributed by atoms with E-state index in [0.29, 0.717) is 12.8 Å². The molecule has 0 radical (unpaired) electrons. The fraction of sp³-hybridized carbons (Fsp3) is 0.625. The third-order valence-corrected chi connectivity index (χ3v) is 4.83. The zero-order chi connectivity index (χ0) is 14.5. The van der Waals surface area contributed by atoms with E-state index in [1.165, 1.54) is 12.8 Å². The average Bonchev–Trinajstić information content (AvgIpc) is 2.65. The van der Waals surface area contributed by atoms with Crippen molar-refractivity contribution >= 4 is 23.0 Å². The molecule has 3 nitrogen and oxygen atoms in total. The van der Waals surface area contributed by atoms with Crippen molar-refractivity contribution in [1.29, 1.82) is 0 Å². The van der Waals surface area contributed by atoms with Gasteiger partial charge in [0.2, 0.25) is 5.91 Å². The van der Waals surface area contributed by atoms with E-state index in [0.717, 1.165) is 41.2 Å². The summed E-state index contributed by atoms with van der Waals surface area (Å²) in [5, 5.41) is 0. The molecule has 2 rings (SSSR count). The number of thiophene rings is 1. The van der Waals surface area contributed by atoms with Crippen molar-refractivity contribution in [3.05, 3.63) is 21.4 Å². The van der Waals surface area contributed by atoms with Crippen molar-refractivity contribution < 1.29 is 9.59 Å². The first-order valence-electron chi connectivity index (χ1n) is 7.46. The molecule has 1 saturated heterocycles. The molecule has 4 heteroatoms. The van der Waals surface area contributed by atoms with Crippen LogP contribution in [-0.2, 0) is 4.79 Å². The molecule has 1 aromatic heterocycles. The minimum Gasteiger partial charge on any atom is -0.343 e. The number of amides is 1. The average molecular weight is 293 g/mol. The molecule has 2 heterocycles. The molecule has 1 amide bonds. The van der Waals surface area contributed by atoms with E-state index in [4.69, 9.17) is 0 Å². The molecule has 20 heavy (non-hydrogen) atoms. The van der Waals surface area contributed by atoms with Gasteiger partial charge >= 0.3 is 0 Å². The highest BCUT2D eigenvalue weighted by Crippen LogP contribution is 2.22. The van der Waals surface area contributed by atoms with E-state index in [-0.39, 0.29) is 11.7 Å². The van der Waals surface area contributed by atoms with Gasteiger partial charge in [-0.05, 0) is 32.8 Å². The standard InChI is InChI=1S/C16H23NO2S/c1-12-11-14(13(2)20-12)15(18)7-8-16(19)17-9-5-3-4-6-10-17/h11H,3-10H2,1-2H3.